The van der Waals surface area contributed by atoms with Crippen molar-refractivity contribution in [2.24, 2.45) is 0 Å². The Labute approximate surface area is 120 Å². The molecule has 1 aromatic rings. The van der Waals surface area contributed by atoms with Crippen LogP contribution < -0.4 is 10.2 Å². The van der Waals surface area contributed by atoms with Crippen molar-refractivity contribution in [2.75, 3.05) is 45.4 Å². The van der Waals surface area contributed by atoms with E-state index in [0.29, 0.717) is 26.2 Å². The lowest BCUT2D eigenvalue weighted by atomic mass is 10.1. The Morgan fingerprint density at radius 2 is 1.95 bits per heavy atom. The van der Waals surface area contributed by atoms with E-state index in [-0.39, 0.29) is 12.5 Å². The Balaban J connectivity index is 2.20. The fraction of sp³-hybridized carbons (Fsp3) is 0.533. The number of ether oxygens (including phenoxy) is 1. The summed E-state index contributed by atoms with van der Waals surface area (Å²) in [4.78, 5) is 13.6. The molecule has 0 unspecified atom stereocenters. The summed E-state index contributed by atoms with van der Waals surface area (Å²) in [5.74, 6) is 0.0225. The van der Waals surface area contributed by atoms with Crippen molar-refractivity contribution in [1.82, 2.24) is 5.32 Å². The van der Waals surface area contributed by atoms with Crippen molar-refractivity contribution in [3.05, 3.63) is 29.8 Å². The number of rotatable bonds is 9. The molecule has 0 heterocycles. The second-order valence-electron chi connectivity index (χ2n) is 4.75. The van der Waals surface area contributed by atoms with Crippen LogP contribution in [-0.2, 0) is 16.0 Å². The van der Waals surface area contributed by atoms with Gasteiger partial charge in [0.15, 0.2) is 0 Å². The van der Waals surface area contributed by atoms with Crippen LogP contribution in [0, 0.1) is 0 Å². The number of aliphatic hydroxyl groups excluding tert-OH is 1. The normalized spacial score (nSPS) is 10.3. The van der Waals surface area contributed by atoms with Gasteiger partial charge in [-0.25, -0.2) is 0 Å². The van der Waals surface area contributed by atoms with Gasteiger partial charge in [0, 0.05) is 32.7 Å². The molecule has 0 saturated carbocycles. The maximum atomic E-state index is 11.6. The summed E-state index contributed by atoms with van der Waals surface area (Å²) in [6.45, 7) is 1.24. The fourth-order valence-electron chi connectivity index (χ4n) is 1.74. The number of nitrogens with zero attached hydrogens (tertiary/aromatic N) is 1. The molecule has 0 fully saturated rings. The lowest BCUT2D eigenvalue weighted by Gasteiger charge is -2.12. The first-order chi connectivity index (χ1) is 9.63. The van der Waals surface area contributed by atoms with Crippen LogP contribution in [0.5, 0.6) is 0 Å². The highest BCUT2D eigenvalue weighted by molar-refractivity contribution is 5.76. The van der Waals surface area contributed by atoms with E-state index in [4.69, 9.17) is 9.84 Å². The van der Waals surface area contributed by atoms with E-state index in [1.165, 1.54) is 0 Å². The first-order valence-corrected chi connectivity index (χ1v) is 6.85. The topological polar surface area (TPSA) is 61.8 Å². The third-order valence-electron chi connectivity index (χ3n) is 2.90. The summed E-state index contributed by atoms with van der Waals surface area (Å²) in [7, 11) is 4.00. The first kappa shape index (κ1) is 16.5. The van der Waals surface area contributed by atoms with Crippen molar-refractivity contribution in [2.45, 2.75) is 12.8 Å². The lowest BCUT2D eigenvalue weighted by Crippen LogP contribution is -2.27. The van der Waals surface area contributed by atoms with Gasteiger partial charge in [0.2, 0.25) is 5.91 Å². The van der Waals surface area contributed by atoms with E-state index in [9.17, 15) is 4.79 Å². The largest absolute Gasteiger partial charge is 0.394 e. The van der Waals surface area contributed by atoms with Crippen LogP contribution in [0.3, 0.4) is 0 Å². The zero-order valence-electron chi connectivity index (χ0n) is 12.3. The van der Waals surface area contributed by atoms with Crippen molar-refractivity contribution in [1.29, 1.82) is 0 Å². The maximum absolute atomic E-state index is 11.6. The van der Waals surface area contributed by atoms with Gasteiger partial charge in [-0.2, -0.15) is 0 Å². The number of nitrogens with one attached hydrogen (secondary N) is 1. The Morgan fingerprint density at radius 3 is 2.55 bits per heavy atom. The van der Waals surface area contributed by atoms with Crippen LogP contribution in [0.25, 0.3) is 0 Å². The van der Waals surface area contributed by atoms with Gasteiger partial charge in [-0.05, 0) is 24.1 Å². The minimum atomic E-state index is 0.0108. The van der Waals surface area contributed by atoms with Gasteiger partial charge in [0.05, 0.1) is 19.8 Å². The molecule has 0 aliphatic rings. The van der Waals surface area contributed by atoms with Gasteiger partial charge in [0.1, 0.15) is 0 Å². The molecule has 2 N–H and O–H groups in total. The summed E-state index contributed by atoms with van der Waals surface area (Å²) in [6.07, 6.45) is 1.21. The highest BCUT2D eigenvalue weighted by atomic mass is 16.5. The Morgan fingerprint density at radius 1 is 1.25 bits per heavy atom. The Kier molecular flexibility index (Phi) is 7.69. The van der Waals surface area contributed by atoms with E-state index in [2.05, 4.69) is 17.4 Å². The maximum Gasteiger partial charge on any atom is 0.220 e. The van der Waals surface area contributed by atoms with Gasteiger partial charge in [0.25, 0.3) is 0 Å². The van der Waals surface area contributed by atoms with Crippen molar-refractivity contribution in [3.8, 4) is 0 Å². The number of hydrogen-bond acceptors (Lipinski definition) is 4. The molecule has 0 spiro atoms. The minimum absolute atomic E-state index is 0.0108. The van der Waals surface area contributed by atoms with E-state index >= 15 is 0 Å². The molecular weight excluding hydrogens is 256 g/mol. The number of hydrogen-bond donors (Lipinski definition) is 2. The molecule has 0 aliphatic heterocycles. The van der Waals surface area contributed by atoms with Gasteiger partial charge in [-0.15, -0.1) is 0 Å². The number of anilines is 1. The summed E-state index contributed by atoms with van der Waals surface area (Å²) in [6, 6.07) is 8.20. The Hall–Kier alpha value is -1.59. The molecule has 1 amide bonds. The van der Waals surface area contributed by atoms with Crippen molar-refractivity contribution < 1.29 is 14.6 Å². The molecule has 0 aromatic heterocycles. The highest BCUT2D eigenvalue weighted by Gasteiger charge is 2.02. The molecule has 5 nitrogen and oxygen atoms in total. The predicted molar refractivity (Wildman–Crippen MR) is 80.0 cm³/mol. The molecule has 112 valence electrons. The summed E-state index contributed by atoms with van der Waals surface area (Å²) in [5.41, 5.74) is 2.31. The second-order valence-corrected chi connectivity index (χ2v) is 4.75. The molecule has 0 saturated heterocycles. The average Bonchev–Trinajstić information content (AvgIpc) is 2.45. The van der Waals surface area contributed by atoms with Crippen LogP contribution in [-0.4, -0.2) is 51.5 Å². The number of benzene rings is 1. The zero-order chi connectivity index (χ0) is 14.8. The molecular formula is C15H24N2O3. The summed E-state index contributed by atoms with van der Waals surface area (Å²) >= 11 is 0. The fourth-order valence-corrected chi connectivity index (χ4v) is 1.74. The Bertz CT molecular complexity index is 391. The molecule has 1 rings (SSSR count). The van der Waals surface area contributed by atoms with Gasteiger partial charge in [-0.3, -0.25) is 4.79 Å². The molecule has 5 heteroatoms. The quantitative estimate of drug-likeness (QED) is 0.657. The minimum Gasteiger partial charge on any atom is -0.394 e. The molecule has 0 atom stereocenters. The number of aliphatic hydroxyl groups is 1. The van der Waals surface area contributed by atoms with Crippen molar-refractivity contribution in [3.63, 3.8) is 0 Å². The van der Waals surface area contributed by atoms with E-state index < -0.39 is 0 Å². The van der Waals surface area contributed by atoms with Crippen LogP contribution in [0.1, 0.15) is 12.0 Å². The third kappa shape index (κ3) is 6.54. The molecule has 1 aromatic carbocycles. The molecule has 20 heavy (non-hydrogen) atoms. The SMILES string of the molecule is CN(C)c1ccc(CCC(=O)NCCOCCO)cc1. The van der Waals surface area contributed by atoms with Crippen LogP contribution in [0.4, 0.5) is 5.69 Å². The molecule has 0 bridgehead atoms. The van der Waals surface area contributed by atoms with Crippen LogP contribution >= 0.6 is 0 Å². The van der Waals surface area contributed by atoms with E-state index in [1.807, 2.05) is 31.1 Å². The van der Waals surface area contributed by atoms with Crippen molar-refractivity contribution >= 4 is 11.6 Å². The average molecular weight is 280 g/mol. The highest BCUT2D eigenvalue weighted by Crippen LogP contribution is 2.13. The first-order valence-electron chi connectivity index (χ1n) is 6.85. The number of carbonyl (C=O) groups excluding carboxylic acids is 1. The molecule has 0 aliphatic carbocycles. The smallest absolute Gasteiger partial charge is 0.220 e. The third-order valence-corrected chi connectivity index (χ3v) is 2.90. The van der Waals surface area contributed by atoms with Crippen LogP contribution in [0.2, 0.25) is 0 Å². The summed E-state index contributed by atoms with van der Waals surface area (Å²) in [5, 5.41) is 11.3. The van der Waals surface area contributed by atoms with Gasteiger partial charge < -0.3 is 20.1 Å². The second kappa shape index (κ2) is 9.34. The predicted octanol–water partition coefficient (Wildman–Crippen LogP) is 0.810. The van der Waals surface area contributed by atoms with E-state index in [0.717, 1.165) is 17.7 Å². The van der Waals surface area contributed by atoms with Gasteiger partial charge in [-0.1, -0.05) is 12.1 Å². The van der Waals surface area contributed by atoms with Crippen LogP contribution in [0.15, 0.2) is 24.3 Å². The number of amides is 1. The lowest BCUT2D eigenvalue weighted by molar-refractivity contribution is -0.121. The number of carbonyl (C=O) groups is 1. The van der Waals surface area contributed by atoms with E-state index in [1.54, 1.807) is 0 Å². The standard InChI is InChI=1S/C15H24N2O3/c1-17(2)14-6-3-13(4-7-14)5-8-15(19)16-9-11-20-12-10-18/h3-4,6-7,18H,5,8-12H2,1-2H3,(H,16,19). The summed E-state index contributed by atoms with van der Waals surface area (Å²) < 4.78 is 5.06. The zero-order valence-corrected chi connectivity index (χ0v) is 12.3. The molecule has 0 radical (unpaired) electrons. The number of aryl methyl sites for hydroxylation is 1. The van der Waals surface area contributed by atoms with Gasteiger partial charge >= 0.3 is 0 Å². The monoisotopic (exact) mass is 280 g/mol.